The highest BCUT2D eigenvalue weighted by Gasteiger charge is 1.98. The number of thiol groups is 1. The summed E-state index contributed by atoms with van der Waals surface area (Å²) in [4.78, 5) is 0.368. The lowest BCUT2D eigenvalue weighted by atomic mass is 10.4. The monoisotopic (exact) mass is 268 g/mol. The van der Waals surface area contributed by atoms with Gasteiger partial charge in [0, 0.05) is 0 Å². The third-order valence-corrected chi connectivity index (χ3v) is 2.49. The molecule has 0 aliphatic heterocycles. The Morgan fingerprint density at radius 1 is 1.25 bits per heavy atom. The molecule has 1 aromatic carbocycles. The Bertz CT molecular complexity index is 455. The predicted molar refractivity (Wildman–Crippen MR) is 58.2 cm³/mol. The van der Waals surface area contributed by atoms with Crippen LogP contribution in [0.3, 0.4) is 0 Å². The van der Waals surface area contributed by atoms with Crippen LogP contribution in [-0.4, -0.2) is 28.0 Å². The van der Waals surface area contributed by atoms with E-state index in [1.54, 1.807) is 30.3 Å². The van der Waals surface area contributed by atoms with Crippen LogP contribution in [0.1, 0.15) is 6.92 Å². The van der Waals surface area contributed by atoms with Crippen molar-refractivity contribution in [3.63, 3.8) is 0 Å². The van der Waals surface area contributed by atoms with Gasteiger partial charge in [-0.15, -0.1) is 0 Å². The van der Waals surface area contributed by atoms with Crippen molar-refractivity contribution in [2.24, 2.45) is 0 Å². The molecular formula is C8H12O6S2. The second-order valence-corrected chi connectivity index (χ2v) is 4.55. The lowest BCUT2D eigenvalue weighted by Gasteiger charge is -1.88. The van der Waals surface area contributed by atoms with Gasteiger partial charge < -0.3 is 0 Å². The van der Waals surface area contributed by atoms with Gasteiger partial charge in [0.15, 0.2) is 10.7 Å². The highest BCUT2D eigenvalue weighted by molar-refractivity contribution is 7.80. The summed E-state index contributed by atoms with van der Waals surface area (Å²) < 4.78 is 51.1. The Labute approximate surface area is 95.8 Å². The molecule has 0 atom stereocenters. The van der Waals surface area contributed by atoms with E-state index in [9.17, 15) is 16.8 Å². The van der Waals surface area contributed by atoms with E-state index in [0.29, 0.717) is 4.90 Å². The highest BCUT2D eigenvalue weighted by atomic mass is 32.3. The van der Waals surface area contributed by atoms with Crippen molar-refractivity contribution in [3.8, 4) is 0 Å². The molecule has 0 heterocycles. The zero-order valence-corrected chi connectivity index (χ0v) is 10.1. The minimum atomic E-state index is -4.17. The maximum absolute atomic E-state index is 10.2. The fourth-order valence-electron chi connectivity index (χ4n) is 0.699. The van der Waals surface area contributed by atoms with E-state index in [1.165, 1.54) is 6.92 Å². The van der Waals surface area contributed by atoms with Gasteiger partial charge in [-0.25, -0.2) is 12.6 Å². The molecule has 1 aromatic rings. The van der Waals surface area contributed by atoms with Gasteiger partial charge in [-0.3, -0.25) is 4.55 Å². The fraction of sp³-hybridized carbons (Fsp3) is 0.250. The first-order valence-electron chi connectivity index (χ1n) is 4.18. The molecule has 16 heavy (non-hydrogen) atoms. The molecule has 0 radical (unpaired) electrons. The first-order valence-corrected chi connectivity index (χ1v) is 6.72. The van der Waals surface area contributed by atoms with Crippen LogP contribution in [0.15, 0.2) is 35.2 Å². The van der Waals surface area contributed by atoms with Gasteiger partial charge in [0.05, 0.1) is 11.5 Å². The molecule has 1 rings (SSSR count). The van der Waals surface area contributed by atoms with Crippen LogP contribution in [0.4, 0.5) is 0 Å². The highest BCUT2D eigenvalue weighted by Crippen LogP contribution is 1.97. The van der Waals surface area contributed by atoms with Crippen LogP contribution >= 0.6 is 0 Å². The van der Waals surface area contributed by atoms with Gasteiger partial charge >= 0.3 is 10.4 Å². The van der Waals surface area contributed by atoms with Crippen molar-refractivity contribution in [1.82, 2.24) is 0 Å². The second-order valence-electron chi connectivity index (χ2n) is 2.43. The predicted octanol–water partition coefficient (Wildman–Crippen LogP) is 0.483. The molecule has 92 valence electrons. The van der Waals surface area contributed by atoms with Crippen LogP contribution in [0.2, 0.25) is 0 Å². The molecule has 8 heteroatoms. The number of hydrogen-bond donors (Lipinski definition) is 2. The summed E-state index contributed by atoms with van der Waals surface area (Å²) in [6.07, 6.45) is 0. The zero-order valence-electron chi connectivity index (χ0n) is 8.44. The van der Waals surface area contributed by atoms with Crippen LogP contribution in [0.5, 0.6) is 0 Å². The van der Waals surface area contributed by atoms with E-state index >= 15 is 0 Å². The van der Waals surface area contributed by atoms with Gasteiger partial charge in [-0.05, 0) is 19.1 Å². The van der Waals surface area contributed by atoms with E-state index in [0.717, 1.165) is 0 Å². The minimum Gasteiger partial charge on any atom is -0.264 e. The normalized spacial score (nSPS) is 10.7. The van der Waals surface area contributed by atoms with Crippen molar-refractivity contribution in [2.75, 3.05) is 6.61 Å². The Balaban J connectivity index is 0.000000293. The number of benzene rings is 1. The molecular weight excluding hydrogens is 256 g/mol. The summed E-state index contributed by atoms with van der Waals surface area (Å²) in [6, 6.07) is 8.29. The number of rotatable bonds is 3. The zero-order chi connectivity index (χ0) is 12.6. The average Bonchev–Trinajstić information content (AvgIpc) is 2.18. The van der Waals surface area contributed by atoms with E-state index in [2.05, 4.69) is 4.18 Å². The van der Waals surface area contributed by atoms with E-state index in [1.807, 2.05) is 0 Å². The molecule has 0 amide bonds. The van der Waals surface area contributed by atoms with Gasteiger partial charge in [-0.2, -0.15) is 8.42 Å². The second kappa shape index (κ2) is 7.34. The maximum atomic E-state index is 10.2. The summed E-state index contributed by atoms with van der Waals surface area (Å²) >= 11 is 0. The summed E-state index contributed by atoms with van der Waals surface area (Å²) in [5.41, 5.74) is 0. The van der Waals surface area contributed by atoms with E-state index in [-0.39, 0.29) is 6.61 Å². The summed E-state index contributed by atoms with van der Waals surface area (Å²) in [6.45, 7) is 1.44. The lowest BCUT2D eigenvalue weighted by Crippen LogP contribution is -2.01. The molecule has 0 unspecified atom stereocenters. The minimum absolute atomic E-state index is 0.0289. The standard InChI is InChI=1S/C6H6O2S.C2H6O4S/c7-9(8)6-4-2-1-3-5-6;1-2-6-7(3,4)5/h1-5,9H;2H2,1H3,(H,3,4,5). The smallest absolute Gasteiger partial charge is 0.264 e. The quantitative estimate of drug-likeness (QED) is 0.611. The number of hydrogen-bond acceptors (Lipinski definition) is 5. The largest absolute Gasteiger partial charge is 0.397 e. The molecule has 0 fully saturated rings. The first-order chi connectivity index (χ1) is 7.37. The lowest BCUT2D eigenvalue weighted by molar-refractivity contribution is 0.283. The summed E-state index contributed by atoms with van der Waals surface area (Å²) in [5.74, 6) is 0. The molecule has 6 nitrogen and oxygen atoms in total. The van der Waals surface area contributed by atoms with Crippen molar-refractivity contribution in [2.45, 2.75) is 11.8 Å². The Morgan fingerprint density at radius 3 is 1.94 bits per heavy atom. The van der Waals surface area contributed by atoms with Crippen LogP contribution in [0.25, 0.3) is 0 Å². The SMILES string of the molecule is CCOS(=O)(=O)O.O=[SH](=O)c1ccccc1. The average molecular weight is 268 g/mol. The van der Waals surface area contributed by atoms with Crippen molar-refractivity contribution in [1.29, 1.82) is 0 Å². The summed E-state index contributed by atoms with van der Waals surface area (Å²) in [7, 11) is -6.57. The van der Waals surface area contributed by atoms with Crippen LogP contribution in [-0.2, 0) is 25.3 Å². The molecule has 0 aromatic heterocycles. The summed E-state index contributed by atoms with van der Waals surface area (Å²) in [5, 5.41) is 0. The van der Waals surface area contributed by atoms with Gasteiger partial charge in [0.1, 0.15) is 0 Å². The molecule has 0 aliphatic rings. The molecule has 0 saturated heterocycles. The first kappa shape index (κ1) is 15.0. The van der Waals surface area contributed by atoms with E-state index in [4.69, 9.17) is 4.55 Å². The molecule has 0 bridgehead atoms. The van der Waals surface area contributed by atoms with Gasteiger partial charge in [0.25, 0.3) is 0 Å². The maximum Gasteiger partial charge on any atom is 0.397 e. The fourth-order valence-corrected chi connectivity index (χ4v) is 1.41. The van der Waals surface area contributed by atoms with Crippen molar-refractivity contribution in [3.05, 3.63) is 30.3 Å². The van der Waals surface area contributed by atoms with E-state index < -0.39 is 21.1 Å². The molecule has 0 saturated carbocycles. The van der Waals surface area contributed by atoms with Gasteiger partial charge in [-0.1, -0.05) is 18.2 Å². The Kier molecular flexibility index (Phi) is 6.90. The third kappa shape index (κ3) is 8.36. The molecule has 1 N–H and O–H groups in total. The van der Waals surface area contributed by atoms with Crippen molar-refractivity contribution < 1.29 is 25.6 Å². The van der Waals surface area contributed by atoms with Crippen LogP contribution < -0.4 is 0 Å². The van der Waals surface area contributed by atoms with Crippen LogP contribution in [0, 0.1) is 0 Å². The Hall–Kier alpha value is -0.960. The molecule has 0 aliphatic carbocycles. The third-order valence-electron chi connectivity index (χ3n) is 1.23. The topological polar surface area (TPSA) is 97.7 Å². The molecule has 0 spiro atoms. The van der Waals surface area contributed by atoms with Gasteiger partial charge in [0.2, 0.25) is 0 Å². The van der Waals surface area contributed by atoms with Crippen molar-refractivity contribution >= 4 is 21.1 Å². The Morgan fingerprint density at radius 2 is 1.75 bits per heavy atom.